The van der Waals surface area contributed by atoms with E-state index in [1.54, 1.807) is 6.07 Å². The maximum Gasteiger partial charge on any atom is 0.163 e. The smallest absolute Gasteiger partial charge is 0.163 e. The third kappa shape index (κ3) is 2.74. The first-order valence-electron chi connectivity index (χ1n) is 4.39. The van der Waals surface area contributed by atoms with Crippen LogP contribution in [0.25, 0.3) is 0 Å². The Morgan fingerprint density at radius 1 is 1.06 bits per heavy atom. The van der Waals surface area contributed by atoms with Crippen molar-refractivity contribution in [2.75, 3.05) is 5.32 Å². The number of anilines is 1. The molecule has 1 aromatic rings. The zero-order chi connectivity index (χ0) is 13.7. The lowest BCUT2D eigenvalue weighted by atomic mass is 10.2. The molecule has 0 fully saturated rings. The molecule has 0 unspecified atom stereocenters. The average molecular weight is 265 g/mol. The fraction of sp³-hybridized carbons (Fsp3) is 0. The van der Waals surface area contributed by atoms with E-state index in [0.717, 1.165) is 12.1 Å². The molecule has 0 radical (unpaired) electrons. The van der Waals surface area contributed by atoms with Crippen LogP contribution in [0.2, 0.25) is 5.02 Å². The number of rotatable bonds is 2. The van der Waals surface area contributed by atoms with Crippen molar-refractivity contribution in [2.45, 2.75) is 0 Å². The highest BCUT2D eigenvalue weighted by Gasteiger charge is 2.11. The predicted molar refractivity (Wildman–Crippen MR) is 58.9 cm³/mol. The number of hydrogen-bond acceptors (Lipinski definition) is 4. The van der Waals surface area contributed by atoms with E-state index in [0.29, 0.717) is 0 Å². The topological polar surface area (TPSA) is 83.4 Å². The van der Waals surface area contributed by atoms with Gasteiger partial charge in [0.2, 0.25) is 0 Å². The van der Waals surface area contributed by atoms with Gasteiger partial charge in [0.25, 0.3) is 0 Å². The number of benzene rings is 1. The van der Waals surface area contributed by atoms with Crippen LogP contribution in [0.4, 0.5) is 14.5 Å². The van der Waals surface area contributed by atoms with Gasteiger partial charge in [0.1, 0.15) is 40.6 Å². The van der Waals surface area contributed by atoms with Gasteiger partial charge in [-0.3, -0.25) is 0 Å². The molecule has 0 aromatic heterocycles. The van der Waals surface area contributed by atoms with E-state index < -0.39 is 27.9 Å². The molecule has 0 spiro atoms. The van der Waals surface area contributed by atoms with Crippen LogP contribution in [0.3, 0.4) is 0 Å². The average Bonchev–Trinajstić information content (AvgIpc) is 2.35. The van der Waals surface area contributed by atoms with Crippen molar-refractivity contribution in [3.05, 3.63) is 40.1 Å². The van der Waals surface area contributed by atoms with Gasteiger partial charge >= 0.3 is 0 Å². The standard InChI is InChI=1S/C11H3ClF2N4/c12-11-8(13)1-7(2-9(11)14)18-10(5-17)6(3-15)4-16/h1-2,18H. The first-order valence-corrected chi connectivity index (χ1v) is 4.77. The van der Waals surface area contributed by atoms with E-state index in [2.05, 4.69) is 5.32 Å². The third-order valence-corrected chi connectivity index (χ3v) is 2.20. The molecule has 0 heterocycles. The summed E-state index contributed by atoms with van der Waals surface area (Å²) in [6.45, 7) is 0. The highest BCUT2D eigenvalue weighted by atomic mass is 35.5. The third-order valence-electron chi connectivity index (χ3n) is 1.84. The second-order valence-corrected chi connectivity index (χ2v) is 3.34. The maximum atomic E-state index is 13.1. The van der Waals surface area contributed by atoms with Gasteiger partial charge in [-0.05, 0) is 12.1 Å². The van der Waals surface area contributed by atoms with Gasteiger partial charge < -0.3 is 5.32 Å². The Bertz CT molecular complexity index is 607. The Morgan fingerprint density at radius 2 is 1.56 bits per heavy atom. The molecule has 0 saturated carbocycles. The van der Waals surface area contributed by atoms with Gasteiger partial charge in [0.05, 0.1) is 0 Å². The number of allylic oxidation sites excluding steroid dienone is 2. The van der Waals surface area contributed by atoms with E-state index in [4.69, 9.17) is 27.4 Å². The molecule has 18 heavy (non-hydrogen) atoms. The molecule has 88 valence electrons. The summed E-state index contributed by atoms with van der Waals surface area (Å²) < 4.78 is 26.2. The predicted octanol–water partition coefficient (Wildman–Crippen LogP) is 2.85. The van der Waals surface area contributed by atoms with Crippen LogP contribution in [0, 0.1) is 45.6 Å². The molecule has 0 aliphatic rings. The van der Waals surface area contributed by atoms with Crippen molar-refractivity contribution in [1.82, 2.24) is 0 Å². The van der Waals surface area contributed by atoms with Crippen LogP contribution >= 0.6 is 11.6 Å². The zero-order valence-electron chi connectivity index (χ0n) is 8.63. The molecule has 1 N–H and O–H groups in total. The van der Waals surface area contributed by atoms with E-state index in [1.165, 1.54) is 12.1 Å². The monoisotopic (exact) mass is 264 g/mol. The molecule has 0 saturated heterocycles. The first kappa shape index (κ1) is 13.4. The summed E-state index contributed by atoms with van der Waals surface area (Å²) in [6, 6.07) is 6.20. The van der Waals surface area contributed by atoms with Crippen molar-refractivity contribution >= 4 is 17.3 Å². The van der Waals surface area contributed by atoms with Gasteiger partial charge in [0.15, 0.2) is 5.57 Å². The van der Waals surface area contributed by atoms with Crippen LogP contribution in [0.5, 0.6) is 0 Å². The van der Waals surface area contributed by atoms with Crippen molar-refractivity contribution in [3.63, 3.8) is 0 Å². The molecule has 0 bridgehead atoms. The minimum absolute atomic E-state index is 0.131. The molecule has 0 aliphatic heterocycles. The second kappa shape index (κ2) is 5.63. The SMILES string of the molecule is N#CC(C#N)=C(C#N)Nc1cc(F)c(Cl)c(F)c1. The summed E-state index contributed by atoms with van der Waals surface area (Å²) in [5.74, 6) is -2.04. The molecular weight excluding hydrogens is 262 g/mol. The normalized spacial score (nSPS) is 8.67. The minimum atomic E-state index is -1.02. The number of hydrogen-bond donors (Lipinski definition) is 1. The Kier molecular flexibility index (Phi) is 4.21. The molecular formula is C11H3ClF2N4. The largest absolute Gasteiger partial charge is 0.345 e. The Morgan fingerprint density at radius 3 is 1.94 bits per heavy atom. The minimum Gasteiger partial charge on any atom is -0.345 e. The first-order chi connectivity index (χ1) is 8.53. The summed E-state index contributed by atoms with van der Waals surface area (Å²) in [5.41, 5.74) is -1.02. The Labute approximate surface area is 106 Å². The van der Waals surface area contributed by atoms with Gasteiger partial charge in [-0.2, -0.15) is 15.8 Å². The van der Waals surface area contributed by atoms with Gasteiger partial charge in [-0.1, -0.05) is 11.6 Å². The Balaban J connectivity index is 3.22. The van der Waals surface area contributed by atoms with Crippen LogP contribution in [0.15, 0.2) is 23.4 Å². The Hall–Kier alpha value is -2.62. The van der Waals surface area contributed by atoms with Gasteiger partial charge in [0, 0.05) is 5.69 Å². The van der Waals surface area contributed by atoms with Gasteiger partial charge in [-0.25, -0.2) is 8.78 Å². The van der Waals surface area contributed by atoms with Crippen LogP contribution < -0.4 is 5.32 Å². The zero-order valence-corrected chi connectivity index (χ0v) is 9.39. The summed E-state index contributed by atoms with van der Waals surface area (Å²) in [4.78, 5) is 0. The molecule has 1 rings (SSSR count). The molecule has 1 aromatic carbocycles. The second-order valence-electron chi connectivity index (χ2n) is 2.96. The molecule has 4 nitrogen and oxygen atoms in total. The molecule has 7 heteroatoms. The summed E-state index contributed by atoms with van der Waals surface area (Å²) >= 11 is 5.28. The maximum absolute atomic E-state index is 13.1. The van der Waals surface area contributed by atoms with E-state index >= 15 is 0 Å². The van der Waals surface area contributed by atoms with Crippen molar-refractivity contribution < 1.29 is 8.78 Å². The van der Waals surface area contributed by atoms with Crippen LogP contribution in [0.1, 0.15) is 0 Å². The lowest BCUT2D eigenvalue weighted by Gasteiger charge is -2.06. The fourth-order valence-electron chi connectivity index (χ4n) is 1.06. The molecule has 0 atom stereocenters. The number of halogens is 3. The van der Waals surface area contributed by atoms with E-state index in [9.17, 15) is 8.78 Å². The van der Waals surface area contributed by atoms with E-state index in [-0.39, 0.29) is 5.69 Å². The van der Waals surface area contributed by atoms with Gasteiger partial charge in [-0.15, -0.1) is 0 Å². The highest BCUT2D eigenvalue weighted by Crippen LogP contribution is 2.24. The van der Waals surface area contributed by atoms with Crippen molar-refractivity contribution in [2.24, 2.45) is 0 Å². The van der Waals surface area contributed by atoms with Crippen LogP contribution in [-0.4, -0.2) is 0 Å². The highest BCUT2D eigenvalue weighted by molar-refractivity contribution is 6.30. The van der Waals surface area contributed by atoms with Crippen molar-refractivity contribution in [1.29, 1.82) is 15.8 Å². The van der Waals surface area contributed by atoms with Crippen LogP contribution in [-0.2, 0) is 0 Å². The number of nitrogens with one attached hydrogen (secondary N) is 1. The summed E-state index contributed by atoms with van der Waals surface area (Å²) in [6.07, 6.45) is 0. The summed E-state index contributed by atoms with van der Waals surface area (Å²) in [7, 11) is 0. The fourth-order valence-corrected chi connectivity index (χ4v) is 1.16. The number of nitriles is 3. The molecule has 0 aliphatic carbocycles. The lowest BCUT2D eigenvalue weighted by Crippen LogP contribution is -2.01. The van der Waals surface area contributed by atoms with Crippen molar-refractivity contribution in [3.8, 4) is 18.2 Å². The lowest BCUT2D eigenvalue weighted by molar-refractivity contribution is 0.585. The quantitative estimate of drug-likeness (QED) is 0.657. The summed E-state index contributed by atoms with van der Waals surface area (Å²) in [5, 5.41) is 27.5. The number of nitrogens with zero attached hydrogens (tertiary/aromatic N) is 3. The molecule has 0 amide bonds. The van der Waals surface area contributed by atoms with E-state index in [1.807, 2.05) is 0 Å².